The van der Waals surface area contributed by atoms with E-state index in [1.165, 1.54) is 64.2 Å². The van der Waals surface area contributed by atoms with Crippen LogP contribution < -0.4 is 30.9 Å². The largest absolute Gasteiger partial charge is 0.792 e. The molecule has 10 heteroatoms. The predicted molar refractivity (Wildman–Crippen MR) is 429 cm³/mol. The summed E-state index contributed by atoms with van der Waals surface area (Å²) in [7, 11) is 4.00. The van der Waals surface area contributed by atoms with Gasteiger partial charge in [0.25, 0.3) is 0 Å². The summed E-state index contributed by atoms with van der Waals surface area (Å²) in [6.45, 7) is 67.5. The van der Waals surface area contributed by atoms with Gasteiger partial charge in [0.15, 0.2) is 37.2 Å². The van der Waals surface area contributed by atoms with Crippen LogP contribution in [0, 0.1) is 5.92 Å². The molecule has 3 heterocycles. The van der Waals surface area contributed by atoms with Crippen molar-refractivity contribution in [2.45, 2.75) is 260 Å². The maximum Gasteiger partial charge on any atom is 0.168 e. The second kappa shape index (κ2) is 105. The van der Waals surface area contributed by atoms with Crippen molar-refractivity contribution in [1.82, 2.24) is 0 Å². The van der Waals surface area contributed by atoms with Gasteiger partial charge in [-0.25, -0.2) is 13.7 Å². The molecule has 0 saturated carbocycles. The molecule has 91 heavy (non-hydrogen) atoms. The van der Waals surface area contributed by atoms with E-state index in [-0.39, 0.29) is 32.7 Å². The normalized spacial score (nSPS) is 8.01. The minimum absolute atomic E-state index is 0. The summed E-state index contributed by atoms with van der Waals surface area (Å²) in [5, 5.41) is 0. The summed E-state index contributed by atoms with van der Waals surface area (Å²) in [6, 6.07) is 47.0. The van der Waals surface area contributed by atoms with Crippen molar-refractivity contribution in [3.8, 4) is 0 Å². The van der Waals surface area contributed by atoms with Gasteiger partial charge in [-0.3, -0.25) is 0 Å². The van der Waals surface area contributed by atoms with Crippen LogP contribution in [-0.2, 0) is 65.0 Å². The first kappa shape index (κ1) is 114. The van der Waals surface area contributed by atoms with Gasteiger partial charge in [0.1, 0.15) is 19.6 Å². The maximum atomic E-state index is 5.36. The number of allylic oxidation sites excluding steroid dienone is 6. The number of nitrogens with two attached hydrogens (primary N) is 3. The first-order valence-corrected chi connectivity index (χ1v) is 37.3. The van der Waals surface area contributed by atoms with E-state index in [9.17, 15) is 0 Å². The Labute approximate surface area is 609 Å². The van der Waals surface area contributed by atoms with Crippen LogP contribution >= 0.6 is 21.6 Å². The summed E-state index contributed by atoms with van der Waals surface area (Å²) in [5.74, 6) is 4.03. The van der Waals surface area contributed by atoms with Crippen LogP contribution in [0.1, 0.15) is 240 Å². The topological polar surface area (TPSA) is 89.7 Å². The standard InChI is InChI=1S/C16H22N2S2.C8H11NS.C8H16.3C6H7N.2C6H12.C3H8.8C2H6.Y/c1-3-9-17(10-4-1)13-7-15-19-20-16-8-14-18-11-5-2-6-12-18;10-8-4-7-9-5-2-1-3-6-9;1-6(2)8(5)7(3)4;3*7-6-4-2-1-3-5-6;2*1-5(2)6(3)4;1-3-2;8*1-2;/h1-6,9-12H,7-8,13-16H2;1-3,5-6H,4,7-8H2;6H,1-5H3;3*1-5H,7H2;2*1-4H3;3H2,1-2H3;8*1-2H3;/q+2;;;;;;;;;;;;;;;;;. The molecule has 6 rings (SSSR count). The van der Waals surface area contributed by atoms with Crippen LogP contribution in [0.15, 0.2) is 216 Å². The Morgan fingerprint density at radius 2 is 0.527 bits per heavy atom. The Bertz CT molecular complexity index is 2020. The van der Waals surface area contributed by atoms with E-state index in [1.54, 1.807) is 0 Å². The van der Waals surface area contributed by atoms with E-state index in [0.29, 0.717) is 0 Å². The van der Waals surface area contributed by atoms with Crippen LogP contribution in [0.3, 0.4) is 0 Å². The zero-order valence-electron chi connectivity index (χ0n) is 65.3. The van der Waals surface area contributed by atoms with Gasteiger partial charge in [-0.15, -0.1) is 0 Å². The molecule has 0 amide bonds. The minimum Gasteiger partial charge on any atom is -0.792 e. The number of aryl methyl sites for hydroxylation is 3. The molecular weight excluding hydrogens is 1240 g/mol. The Morgan fingerprint density at radius 3 is 0.659 bits per heavy atom. The fourth-order valence-corrected chi connectivity index (χ4v) is 6.94. The summed E-state index contributed by atoms with van der Waals surface area (Å²) in [5.41, 5.74) is 27.2. The SMILES string of the molecule is CC.CC.CC.CC.CC.CC.CC.CC.CC(C)=C(C)C.CC(C)=C(C)C.CC(C)=C(C)C(C)C.CCC.Nc1ccccc1.Nc1ccccc1.Nc1ccccc1.[S-]CCC[n+]1ccccc1.[Y].c1cc[n+](CCCSSCCC[n+]2ccccc2)cc1. The van der Waals surface area contributed by atoms with E-state index in [2.05, 4.69) is 191 Å². The number of para-hydroxylation sites is 3. The van der Waals surface area contributed by atoms with E-state index in [1.807, 2.05) is 242 Å². The van der Waals surface area contributed by atoms with Crippen LogP contribution in [0.5, 0.6) is 0 Å². The van der Waals surface area contributed by atoms with Crippen molar-refractivity contribution in [2.24, 2.45) is 5.92 Å². The molecule has 0 atom stereocenters. The Morgan fingerprint density at radius 1 is 0.341 bits per heavy atom. The first-order valence-electron chi connectivity index (χ1n) is 34.2. The number of hydrogen-bond donors (Lipinski definition) is 3. The van der Waals surface area contributed by atoms with Crippen molar-refractivity contribution in [2.75, 3.05) is 34.5 Å². The summed E-state index contributed by atoms with van der Waals surface area (Å²) in [4.78, 5) is 0. The molecule has 0 unspecified atom stereocenters. The Hall–Kier alpha value is -4.12. The molecule has 523 valence electrons. The van der Waals surface area contributed by atoms with E-state index in [0.717, 1.165) is 54.8 Å². The quantitative estimate of drug-likeness (QED) is 0.0267. The molecule has 0 aliphatic rings. The molecular formula is C81H150N6S3Y+2. The molecule has 1 radical (unpaired) electrons. The van der Waals surface area contributed by atoms with E-state index < -0.39 is 0 Å². The number of benzene rings is 3. The van der Waals surface area contributed by atoms with Crippen molar-refractivity contribution in [1.29, 1.82) is 0 Å². The molecule has 6 N–H and O–H groups in total. The van der Waals surface area contributed by atoms with Gasteiger partial charge in [0.2, 0.25) is 0 Å². The number of anilines is 3. The second-order valence-electron chi connectivity index (χ2n) is 18.5. The van der Waals surface area contributed by atoms with Gasteiger partial charge >= 0.3 is 0 Å². The third kappa shape index (κ3) is 108. The average Bonchev–Trinajstić information content (AvgIpc) is 3.70. The molecule has 3 aromatic heterocycles. The zero-order valence-corrected chi connectivity index (χ0v) is 70.6. The fraction of sp³-hybridized carbons (Fsp3) is 0.519. The Balaban J connectivity index is -0.0000000777. The van der Waals surface area contributed by atoms with Crippen molar-refractivity contribution < 1.29 is 46.4 Å². The third-order valence-corrected chi connectivity index (χ3v) is 13.2. The van der Waals surface area contributed by atoms with Crippen LogP contribution in [0.4, 0.5) is 17.1 Å². The van der Waals surface area contributed by atoms with Crippen molar-refractivity contribution in [3.05, 3.63) is 216 Å². The van der Waals surface area contributed by atoms with Crippen molar-refractivity contribution >= 4 is 51.3 Å². The fourth-order valence-electron chi connectivity index (χ4n) is 4.66. The van der Waals surface area contributed by atoms with Crippen LogP contribution in [0.25, 0.3) is 0 Å². The van der Waals surface area contributed by atoms with E-state index in [4.69, 9.17) is 29.8 Å². The molecule has 0 spiro atoms. The van der Waals surface area contributed by atoms with Crippen molar-refractivity contribution in [3.63, 3.8) is 0 Å². The third-order valence-electron chi connectivity index (χ3n) is 10.3. The second-order valence-corrected chi connectivity index (χ2v) is 21.6. The average molecular weight is 1390 g/mol. The summed E-state index contributed by atoms with van der Waals surface area (Å²) in [6.07, 6.45) is 17.5. The number of nitrogens with zero attached hydrogens (tertiary/aromatic N) is 3. The van der Waals surface area contributed by atoms with Gasteiger partial charge < -0.3 is 29.8 Å². The number of nitrogen functional groups attached to an aromatic ring is 3. The molecule has 6 nitrogen and oxygen atoms in total. The van der Waals surface area contributed by atoms with Gasteiger partial charge in [0, 0.05) is 111 Å². The monoisotopic (exact) mass is 1390 g/mol. The van der Waals surface area contributed by atoms with E-state index >= 15 is 0 Å². The first-order chi connectivity index (χ1) is 43.3. The number of rotatable bonds is 13. The smallest absolute Gasteiger partial charge is 0.168 e. The van der Waals surface area contributed by atoms with Gasteiger partial charge in [-0.05, 0) is 125 Å². The molecule has 0 fully saturated rings. The minimum atomic E-state index is 0. The number of pyridine rings is 3. The Kier molecular flexibility index (Phi) is 131. The molecule has 0 aliphatic heterocycles. The van der Waals surface area contributed by atoms with Gasteiger partial charge in [-0.1, -0.05) is 273 Å². The van der Waals surface area contributed by atoms with Gasteiger partial charge in [0.05, 0.1) is 0 Å². The zero-order chi connectivity index (χ0) is 72.2. The molecule has 6 aromatic rings. The summed E-state index contributed by atoms with van der Waals surface area (Å²) >= 11 is 4.84. The molecule has 0 bridgehead atoms. The predicted octanol–water partition coefficient (Wildman–Crippen LogP) is 25.2. The van der Waals surface area contributed by atoms with Crippen LogP contribution in [0.2, 0.25) is 0 Å². The number of hydrogen-bond acceptors (Lipinski definition) is 6. The van der Waals surface area contributed by atoms with Gasteiger partial charge in [-0.2, -0.15) is 5.75 Å². The molecule has 0 saturated heterocycles. The number of aromatic nitrogens is 3. The summed E-state index contributed by atoms with van der Waals surface area (Å²) < 4.78 is 6.64. The molecule has 0 aliphatic carbocycles. The van der Waals surface area contributed by atoms with Crippen LogP contribution in [-0.4, -0.2) is 17.3 Å². The molecule has 3 aromatic carbocycles. The maximum absolute atomic E-state index is 5.36.